The van der Waals surface area contributed by atoms with Crippen molar-refractivity contribution in [2.75, 3.05) is 23.8 Å². The van der Waals surface area contributed by atoms with Crippen LogP contribution in [0.2, 0.25) is 0 Å². The highest BCUT2D eigenvalue weighted by Crippen LogP contribution is 2.32. The number of fused-ring (bicyclic) bond motifs is 1. The molecule has 3 heterocycles. The molecule has 1 aliphatic rings. The van der Waals surface area contributed by atoms with Gasteiger partial charge in [-0.15, -0.1) is 11.3 Å². The van der Waals surface area contributed by atoms with Gasteiger partial charge in [0.25, 0.3) is 11.8 Å². The molecule has 0 aliphatic carbocycles. The van der Waals surface area contributed by atoms with E-state index >= 15 is 0 Å². The van der Waals surface area contributed by atoms with E-state index in [0.717, 1.165) is 0 Å². The van der Waals surface area contributed by atoms with Crippen LogP contribution in [-0.4, -0.2) is 34.8 Å². The Morgan fingerprint density at radius 2 is 1.89 bits per heavy atom. The first-order valence-corrected chi connectivity index (χ1v) is 9.08. The Hall–Kier alpha value is -3.33. The summed E-state index contributed by atoms with van der Waals surface area (Å²) in [5.41, 5.74) is 0.757. The molecule has 27 heavy (non-hydrogen) atoms. The van der Waals surface area contributed by atoms with Crippen LogP contribution in [0.25, 0.3) is 0 Å². The van der Waals surface area contributed by atoms with Gasteiger partial charge in [-0.25, -0.2) is 0 Å². The summed E-state index contributed by atoms with van der Waals surface area (Å²) < 4.78 is 12.4. The number of rotatable bonds is 4. The Kier molecular flexibility index (Phi) is 4.51. The molecule has 2 aromatic heterocycles. The number of thiophene rings is 1. The normalized spacial score (nSPS) is 12.5. The van der Waals surface area contributed by atoms with Gasteiger partial charge < -0.3 is 20.1 Å². The lowest BCUT2D eigenvalue weighted by Gasteiger charge is -2.18. The Morgan fingerprint density at radius 3 is 2.67 bits per heavy atom. The van der Waals surface area contributed by atoms with Gasteiger partial charge in [0.05, 0.1) is 4.88 Å². The predicted molar refractivity (Wildman–Crippen MR) is 101 cm³/mol. The van der Waals surface area contributed by atoms with E-state index in [1.54, 1.807) is 37.4 Å². The SMILES string of the molecule is Cn1nc(C(=O)Nc2ccc3c(c2)OCCO3)cc1NC(=O)c1cccs1. The van der Waals surface area contributed by atoms with Crippen LogP contribution in [0, 0.1) is 0 Å². The van der Waals surface area contributed by atoms with E-state index < -0.39 is 0 Å². The third-order valence-corrected chi connectivity index (χ3v) is 4.77. The molecule has 0 atom stereocenters. The molecule has 2 N–H and O–H groups in total. The molecular formula is C18H16N4O4S. The summed E-state index contributed by atoms with van der Waals surface area (Å²) in [6.07, 6.45) is 0. The molecule has 0 saturated carbocycles. The van der Waals surface area contributed by atoms with Gasteiger partial charge in [-0.2, -0.15) is 5.10 Å². The smallest absolute Gasteiger partial charge is 0.276 e. The van der Waals surface area contributed by atoms with E-state index in [1.807, 2.05) is 5.38 Å². The summed E-state index contributed by atoms with van der Waals surface area (Å²) in [7, 11) is 1.66. The van der Waals surface area contributed by atoms with Crippen LogP contribution in [0.5, 0.6) is 11.5 Å². The molecule has 1 aromatic carbocycles. The monoisotopic (exact) mass is 384 g/mol. The number of hydrogen-bond donors (Lipinski definition) is 2. The molecule has 0 spiro atoms. The molecular weight excluding hydrogens is 368 g/mol. The maximum atomic E-state index is 12.5. The fourth-order valence-corrected chi connectivity index (χ4v) is 3.22. The summed E-state index contributed by atoms with van der Waals surface area (Å²) in [4.78, 5) is 25.2. The second kappa shape index (κ2) is 7.12. The standard InChI is InChI=1S/C18H16N4O4S/c1-22-16(20-18(24)15-3-2-8-27-15)10-12(21-22)17(23)19-11-4-5-13-14(9-11)26-7-6-25-13/h2-5,8-10H,6-7H2,1H3,(H,19,23)(H,20,24). The van der Waals surface area contributed by atoms with Crippen molar-refractivity contribution in [3.8, 4) is 11.5 Å². The van der Waals surface area contributed by atoms with Crippen molar-refractivity contribution in [2.24, 2.45) is 7.05 Å². The molecule has 0 unspecified atom stereocenters. The second-order valence-electron chi connectivity index (χ2n) is 5.78. The summed E-state index contributed by atoms with van der Waals surface area (Å²) in [5.74, 6) is 1.03. The van der Waals surface area contributed by atoms with E-state index in [4.69, 9.17) is 9.47 Å². The molecule has 0 radical (unpaired) electrons. The van der Waals surface area contributed by atoms with Crippen LogP contribution in [0.4, 0.5) is 11.5 Å². The highest BCUT2D eigenvalue weighted by atomic mass is 32.1. The van der Waals surface area contributed by atoms with Crippen molar-refractivity contribution >= 4 is 34.7 Å². The second-order valence-corrected chi connectivity index (χ2v) is 6.73. The number of nitrogens with one attached hydrogen (secondary N) is 2. The number of amides is 2. The average molecular weight is 384 g/mol. The number of nitrogens with zero attached hydrogens (tertiary/aromatic N) is 2. The molecule has 138 valence electrons. The first-order chi connectivity index (χ1) is 13.1. The summed E-state index contributed by atoms with van der Waals surface area (Å²) >= 11 is 1.34. The first-order valence-electron chi connectivity index (χ1n) is 8.20. The lowest BCUT2D eigenvalue weighted by molar-refractivity contribution is 0.101. The minimum absolute atomic E-state index is 0.189. The van der Waals surface area contributed by atoms with Gasteiger partial charge in [0.15, 0.2) is 17.2 Å². The van der Waals surface area contributed by atoms with E-state index in [2.05, 4.69) is 15.7 Å². The largest absolute Gasteiger partial charge is 0.486 e. The zero-order chi connectivity index (χ0) is 18.8. The van der Waals surface area contributed by atoms with Gasteiger partial charge in [-0.3, -0.25) is 14.3 Å². The van der Waals surface area contributed by atoms with Crippen LogP contribution in [0.3, 0.4) is 0 Å². The van der Waals surface area contributed by atoms with Crippen molar-refractivity contribution in [2.45, 2.75) is 0 Å². The van der Waals surface area contributed by atoms with Crippen molar-refractivity contribution in [3.63, 3.8) is 0 Å². The number of hydrogen-bond acceptors (Lipinski definition) is 6. The topological polar surface area (TPSA) is 94.5 Å². The lowest BCUT2D eigenvalue weighted by atomic mass is 10.2. The molecule has 9 heteroatoms. The molecule has 8 nitrogen and oxygen atoms in total. The van der Waals surface area contributed by atoms with Gasteiger partial charge in [0.1, 0.15) is 19.0 Å². The van der Waals surface area contributed by atoms with Crippen molar-refractivity contribution < 1.29 is 19.1 Å². The molecule has 1 aliphatic heterocycles. The van der Waals surface area contributed by atoms with Crippen molar-refractivity contribution in [1.29, 1.82) is 0 Å². The Morgan fingerprint density at radius 1 is 1.07 bits per heavy atom. The van der Waals surface area contributed by atoms with Gasteiger partial charge in [0.2, 0.25) is 0 Å². The average Bonchev–Trinajstić information content (AvgIpc) is 3.32. The zero-order valence-corrected chi connectivity index (χ0v) is 15.2. The van der Waals surface area contributed by atoms with E-state index in [1.165, 1.54) is 22.1 Å². The van der Waals surface area contributed by atoms with Crippen LogP contribution < -0.4 is 20.1 Å². The van der Waals surface area contributed by atoms with Crippen molar-refractivity contribution in [1.82, 2.24) is 9.78 Å². The Labute approximate surface area is 158 Å². The Balaban J connectivity index is 1.47. The fraction of sp³-hybridized carbons (Fsp3) is 0.167. The number of aromatic nitrogens is 2. The minimum Gasteiger partial charge on any atom is -0.486 e. The van der Waals surface area contributed by atoms with E-state index in [9.17, 15) is 9.59 Å². The number of carbonyl (C=O) groups is 2. The maximum Gasteiger partial charge on any atom is 0.276 e. The van der Waals surface area contributed by atoms with Crippen LogP contribution in [-0.2, 0) is 7.05 Å². The van der Waals surface area contributed by atoms with E-state index in [-0.39, 0.29) is 17.5 Å². The quantitative estimate of drug-likeness (QED) is 0.721. The molecule has 0 bridgehead atoms. The third kappa shape index (κ3) is 3.63. The van der Waals surface area contributed by atoms with Crippen LogP contribution >= 0.6 is 11.3 Å². The highest BCUT2D eigenvalue weighted by molar-refractivity contribution is 7.12. The first kappa shape index (κ1) is 17.1. The maximum absolute atomic E-state index is 12.5. The molecule has 4 rings (SSSR count). The number of aryl methyl sites for hydroxylation is 1. The van der Waals surface area contributed by atoms with Gasteiger partial charge >= 0.3 is 0 Å². The van der Waals surface area contributed by atoms with Gasteiger partial charge in [-0.05, 0) is 23.6 Å². The molecule has 0 saturated heterocycles. The van der Waals surface area contributed by atoms with Crippen LogP contribution in [0.15, 0.2) is 41.8 Å². The van der Waals surface area contributed by atoms with E-state index in [0.29, 0.717) is 41.1 Å². The summed E-state index contributed by atoms with van der Waals surface area (Å²) in [6, 6.07) is 10.2. The number of benzene rings is 1. The van der Waals surface area contributed by atoms with Gasteiger partial charge in [-0.1, -0.05) is 6.07 Å². The Bertz CT molecular complexity index is 997. The number of carbonyl (C=O) groups excluding carboxylic acids is 2. The predicted octanol–water partition coefficient (Wildman–Crippen LogP) is 2.76. The molecule has 0 fully saturated rings. The number of anilines is 2. The van der Waals surface area contributed by atoms with Crippen molar-refractivity contribution in [3.05, 3.63) is 52.3 Å². The lowest BCUT2D eigenvalue weighted by Crippen LogP contribution is -2.16. The molecule has 2 amide bonds. The highest BCUT2D eigenvalue weighted by Gasteiger charge is 2.17. The van der Waals surface area contributed by atoms with Gasteiger partial charge in [0, 0.05) is 24.9 Å². The number of ether oxygens (including phenoxy) is 2. The fourth-order valence-electron chi connectivity index (χ4n) is 2.60. The zero-order valence-electron chi connectivity index (χ0n) is 14.4. The summed E-state index contributed by atoms with van der Waals surface area (Å²) in [6.45, 7) is 0.977. The third-order valence-electron chi connectivity index (χ3n) is 3.90. The molecule has 3 aromatic rings. The minimum atomic E-state index is -0.390. The van der Waals surface area contributed by atoms with Crippen LogP contribution in [0.1, 0.15) is 20.2 Å². The summed E-state index contributed by atoms with van der Waals surface area (Å²) in [5, 5.41) is 11.5.